The molecule has 2 aliphatic carbocycles. The number of primary amides is 1. The molecule has 496 valence electrons. The summed E-state index contributed by atoms with van der Waals surface area (Å²) < 4.78 is 28.3. The summed E-state index contributed by atoms with van der Waals surface area (Å²) in [6, 6.07) is 0. The Morgan fingerprint density at radius 3 is 1.42 bits per heavy atom. The first-order valence-corrected chi connectivity index (χ1v) is 30.8. The molecule has 4 bridgehead atoms. The van der Waals surface area contributed by atoms with Gasteiger partial charge in [0.2, 0.25) is 23.1 Å². The Bertz CT molecular complexity index is 2950. The van der Waals surface area contributed by atoms with E-state index in [0.29, 0.717) is 56.6 Å². The van der Waals surface area contributed by atoms with Gasteiger partial charge in [0.05, 0.1) is 53.3 Å². The van der Waals surface area contributed by atoms with Crippen LogP contribution in [0.2, 0.25) is 0 Å². The zero-order valence-electron chi connectivity index (χ0n) is 54.3. The lowest BCUT2D eigenvalue weighted by Crippen LogP contribution is -2.47. The van der Waals surface area contributed by atoms with Gasteiger partial charge in [0, 0.05) is 114 Å². The minimum Gasteiger partial charge on any atom is -0.439 e. The topological polar surface area (TPSA) is 339 Å². The van der Waals surface area contributed by atoms with E-state index in [1.165, 1.54) is 53.6 Å². The number of aliphatic hydroxyl groups is 2. The number of amides is 3. The van der Waals surface area contributed by atoms with Crippen LogP contribution in [-0.2, 0) is 62.1 Å². The third kappa shape index (κ3) is 20.5. The van der Waals surface area contributed by atoms with Crippen molar-refractivity contribution in [1.82, 2.24) is 31.1 Å². The summed E-state index contributed by atoms with van der Waals surface area (Å²) in [5, 5.41) is 35.0. The lowest BCUT2D eigenvalue weighted by Gasteiger charge is -2.35. The fourth-order valence-electron chi connectivity index (χ4n) is 12.0. The summed E-state index contributed by atoms with van der Waals surface area (Å²) >= 11 is 0. The van der Waals surface area contributed by atoms with E-state index in [1.807, 2.05) is 13.8 Å². The molecule has 3 heterocycles. The molecule has 0 radical (unpaired) electrons. The summed E-state index contributed by atoms with van der Waals surface area (Å²) in [5.41, 5.74) is 7.32. The first kappa shape index (κ1) is 73.7. The van der Waals surface area contributed by atoms with E-state index in [2.05, 4.69) is 35.9 Å². The molecule has 10 N–H and O–H groups in total. The van der Waals surface area contributed by atoms with Crippen LogP contribution in [0.3, 0.4) is 0 Å². The van der Waals surface area contributed by atoms with Crippen molar-refractivity contribution < 1.29 is 77.1 Å². The number of fused-ring (bicyclic) bond motifs is 4. The average Bonchev–Trinajstić information content (AvgIpc) is 3.49. The highest BCUT2D eigenvalue weighted by molar-refractivity contribution is 6.24. The van der Waals surface area contributed by atoms with Gasteiger partial charge in [-0.2, -0.15) is 5.90 Å². The summed E-state index contributed by atoms with van der Waals surface area (Å²) in [7, 11) is 5.80. The SMILES string of the molecule is COC1/C=C\C=C(/C)C(=O)NC2=CC(=O)C(NCCCN3CCN(CCCNC4=C5CC(C)CC(OC)C(O)C(C)/C=C(\C)C(C(=O)ON)C(OC)/C=C\C=C(/C)C(=O)NC(=CC4=O)C5=O)CC3)=C(CC(C)CC(OC)C(O)C(C)/C=C(\C)C1OC(N)=O)C2=O. The molecule has 3 aliphatic heterocycles. The van der Waals surface area contributed by atoms with E-state index in [-0.39, 0.29) is 76.2 Å². The van der Waals surface area contributed by atoms with Crippen molar-refractivity contribution in [3.05, 3.63) is 117 Å². The Morgan fingerprint density at radius 2 is 1.03 bits per heavy atom. The molecule has 0 saturated carbocycles. The average molecular weight is 1260 g/mol. The minimum atomic E-state index is -1.04. The number of hydrogen-bond acceptors (Lipinski definition) is 21. The lowest BCUT2D eigenvalue weighted by atomic mass is 9.84. The van der Waals surface area contributed by atoms with Crippen LogP contribution in [0.5, 0.6) is 0 Å². The van der Waals surface area contributed by atoms with E-state index in [1.54, 1.807) is 65.0 Å². The number of carbonyl (C=O) groups is 8. The number of hydrogen-bond donors (Lipinski definition) is 8. The Hall–Kier alpha value is -7.00. The van der Waals surface area contributed by atoms with Crippen molar-refractivity contribution >= 4 is 47.0 Å². The van der Waals surface area contributed by atoms with E-state index in [0.717, 1.165) is 38.3 Å². The number of Topliss-reactive ketones (excluding diaryl/α,β-unsaturated/α-hetero) is 2. The van der Waals surface area contributed by atoms with Crippen LogP contribution in [0.25, 0.3) is 0 Å². The van der Waals surface area contributed by atoms with Crippen molar-refractivity contribution in [3.8, 4) is 0 Å². The van der Waals surface area contributed by atoms with E-state index >= 15 is 0 Å². The van der Waals surface area contributed by atoms with Crippen molar-refractivity contribution in [2.24, 2.45) is 41.2 Å². The number of nitrogens with one attached hydrogen (secondary N) is 4. The summed E-state index contributed by atoms with van der Waals surface area (Å²) in [5.74, 6) is -1.21. The zero-order valence-corrected chi connectivity index (χ0v) is 54.3. The number of nitrogens with two attached hydrogens (primary N) is 2. The number of methoxy groups -OCH3 is 4. The fourth-order valence-corrected chi connectivity index (χ4v) is 12.0. The molecule has 5 aliphatic rings. The maximum absolute atomic E-state index is 14.3. The number of allylic oxidation sites excluding steroid dienone is 8. The molecule has 3 amide bonds. The van der Waals surface area contributed by atoms with Crippen LogP contribution >= 0.6 is 0 Å². The highest BCUT2D eigenvalue weighted by Crippen LogP contribution is 2.32. The second kappa shape index (κ2) is 35.6. The predicted molar refractivity (Wildman–Crippen MR) is 337 cm³/mol. The molecule has 0 aromatic rings. The maximum Gasteiger partial charge on any atom is 0.405 e. The third-order valence-electron chi connectivity index (χ3n) is 17.2. The van der Waals surface area contributed by atoms with E-state index in [4.69, 9.17) is 35.3 Å². The Kier molecular flexibility index (Phi) is 29.1. The van der Waals surface area contributed by atoms with Gasteiger partial charge in [-0.15, -0.1) is 0 Å². The van der Waals surface area contributed by atoms with Gasteiger partial charge in [-0.3, -0.25) is 28.8 Å². The van der Waals surface area contributed by atoms with Gasteiger partial charge >= 0.3 is 12.1 Å². The molecule has 12 atom stereocenters. The highest BCUT2D eigenvalue weighted by Gasteiger charge is 2.37. The van der Waals surface area contributed by atoms with Crippen molar-refractivity contribution in [2.75, 3.05) is 80.8 Å². The van der Waals surface area contributed by atoms with Gasteiger partial charge < -0.3 is 75.5 Å². The molecule has 0 aromatic heterocycles. The van der Waals surface area contributed by atoms with Crippen LogP contribution in [-0.4, -0.2) is 191 Å². The van der Waals surface area contributed by atoms with Gasteiger partial charge in [-0.05, 0) is 96.7 Å². The Labute approximate surface area is 528 Å². The number of ether oxygens (including phenoxy) is 5. The minimum absolute atomic E-state index is 0.127. The largest absolute Gasteiger partial charge is 0.439 e. The molecule has 1 fully saturated rings. The maximum atomic E-state index is 14.3. The van der Waals surface area contributed by atoms with E-state index in [9.17, 15) is 48.6 Å². The van der Waals surface area contributed by atoms with Crippen LogP contribution in [0, 0.1) is 29.6 Å². The second-order valence-electron chi connectivity index (χ2n) is 24.2. The van der Waals surface area contributed by atoms with E-state index < -0.39 is 107 Å². The normalized spacial score (nSPS) is 32.1. The Balaban J connectivity index is 1.22. The third-order valence-corrected chi connectivity index (χ3v) is 17.2. The molecular formula is C66H96N8O16. The molecule has 0 spiro atoms. The quantitative estimate of drug-likeness (QED) is 0.0473. The zero-order chi connectivity index (χ0) is 66.5. The van der Waals surface area contributed by atoms with Crippen LogP contribution in [0.15, 0.2) is 117 Å². The van der Waals surface area contributed by atoms with Crippen LogP contribution in [0.1, 0.15) is 93.9 Å². The molecule has 90 heavy (non-hydrogen) atoms. The first-order valence-electron chi connectivity index (χ1n) is 30.8. The van der Waals surface area contributed by atoms with Gasteiger partial charge in [-0.1, -0.05) is 81.9 Å². The smallest absolute Gasteiger partial charge is 0.405 e. The number of ketones is 4. The fraction of sp³-hybridized carbons (Fsp3) is 0.576. The number of piperazine rings is 1. The molecule has 1 saturated heterocycles. The van der Waals surface area contributed by atoms with Gasteiger partial charge in [0.15, 0.2) is 6.10 Å². The standard InChI is InChI=1S/C66H96N8O16/c1-37-29-45-56(49(75)35-47(60(45)79)71-63(81)39(3)17-13-19-51(85-9)55(65(83)90-68)41(5)33-42(6)58(77)53(31-37)87-11)69-21-15-23-73-25-27-74(28-26-73)24-16-22-70-57-46-30-38(2)32-54(88-12)59(78)43(7)34-44(8)62(89-66(67)84)52(86-10)20-14-18-40(4)64(82)72-48(61(46)80)36-50(57)76/h13-14,17-20,33-38,42-43,51-55,58-59,62,69-70,77-78H,15-16,21-32,68H2,1-12H3,(H2,67,84)(H,71,81)(H,72,82)/b19-13-,20-14-,39-17+,40-18+,41-33+,44-34+. The first-order chi connectivity index (χ1) is 42.8. The van der Waals surface area contributed by atoms with Crippen molar-refractivity contribution in [3.63, 3.8) is 0 Å². The highest BCUT2D eigenvalue weighted by atomic mass is 16.7. The molecular weight excluding hydrogens is 1160 g/mol. The summed E-state index contributed by atoms with van der Waals surface area (Å²) in [6.45, 7) is 19.1. The molecule has 24 heteroatoms. The number of aliphatic hydroxyl groups excluding tert-OH is 2. The predicted octanol–water partition coefficient (Wildman–Crippen LogP) is 3.68. The monoisotopic (exact) mass is 1260 g/mol. The van der Waals surface area contributed by atoms with Gasteiger partial charge in [0.25, 0.3) is 11.8 Å². The van der Waals surface area contributed by atoms with Crippen molar-refractivity contribution in [2.45, 2.75) is 137 Å². The second-order valence-corrected chi connectivity index (χ2v) is 24.2. The molecule has 0 aromatic carbocycles. The molecule has 12 unspecified atom stereocenters. The molecule has 24 nitrogen and oxygen atoms in total. The van der Waals surface area contributed by atoms with Gasteiger partial charge in [0.1, 0.15) is 12.0 Å². The van der Waals surface area contributed by atoms with Crippen LogP contribution < -0.4 is 32.9 Å². The summed E-state index contributed by atoms with van der Waals surface area (Å²) in [6.07, 6.45) is 9.90. The van der Waals surface area contributed by atoms with Crippen LogP contribution in [0.4, 0.5) is 4.79 Å². The van der Waals surface area contributed by atoms with Crippen molar-refractivity contribution in [1.29, 1.82) is 0 Å². The summed E-state index contributed by atoms with van der Waals surface area (Å²) in [4.78, 5) is 118. The number of rotatable bonds is 16. The Morgan fingerprint density at radius 1 is 0.622 bits per heavy atom. The number of nitrogens with zero attached hydrogens (tertiary/aromatic N) is 2. The van der Waals surface area contributed by atoms with Gasteiger partial charge in [-0.25, -0.2) is 9.59 Å². The lowest BCUT2D eigenvalue weighted by molar-refractivity contribution is -0.151. The number of carbonyl (C=O) groups excluding carboxylic acids is 8. The molecule has 5 rings (SSSR count).